The molecule has 11 heteroatoms. The fourth-order valence-electron chi connectivity index (χ4n) is 4.68. The normalized spacial score (nSPS) is 18.1. The van der Waals surface area contributed by atoms with Gasteiger partial charge in [-0.3, -0.25) is 0 Å². The highest BCUT2D eigenvalue weighted by Crippen LogP contribution is 2.31. The molecule has 1 aliphatic rings. The molecule has 0 amide bonds. The molecule has 0 unspecified atom stereocenters. The lowest BCUT2D eigenvalue weighted by Crippen LogP contribution is -2.46. The highest BCUT2D eigenvalue weighted by Gasteiger charge is 2.28. The largest absolute Gasteiger partial charge is 0.457 e. The Hall–Kier alpha value is -4.38. The number of aromatic nitrogens is 6. The average molecular weight is 514 g/mol. The van der Waals surface area contributed by atoms with E-state index in [1.54, 1.807) is 12.5 Å². The van der Waals surface area contributed by atoms with Crippen LogP contribution in [0.2, 0.25) is 0 Å². The highest BCUT2D eigenvalue weighted by molar-refractivity contribution is 5.87. The fourth-order valence-corrected chi connectivity index (χ4v) is 4.68. The molecule has 0 bridgehead atoms. The molecule has 0 saturated carbocycles. The van der Waals surface area contributed by atoms with Crippen LogP contribution < -0.4 is 15.4 Å². The number of rotatable bonds is 6. The molecule has 0 aliphatic carbocycles. The number of piperidine rings is 1. The van der Waals surface area contributed by atoms with Crippen LogP contribution in [0.15, 0.2) is 55.2 Å². The average Bonchev–Trinajstić information content (AvgIpc) is 3.27. The van der Waals surface area contributed by atoms with Gasteiger partial charge in [0, 0.05) is 31.9 Å². The Morgan fingerprint density at radius 2 is 1.92 bits per heavy atom. The van der Waals surface area contributed by atoms with Crippen molar-refractivity contribution >= 4 is 39.5 Å². The Morgan fingerprint density at radius 1 is 1.03 bits per heavy atom. The molecule has 38 heavy (non-hydrogen) atoms. The van der Waals surface area contributed by atoms with Crippen LogP contribution in [0.25, 0.3) is 22.1 Å². The third-order valence-electron chi connectivity index (χ3n) is 6.80. The van der Waals surface area contributed by atoms with Crippen LogP contribution in [-0.4, -0.2) is 66.7 Å². The van der Waals surface area contributed by atoms with E-state index in [4.69, 9.17) is 4.74 Å². The monoisotopic (exact) mass is 513 g/mol. The number of fused-ring (bicyclic) bond motifs is 2. The standard InChI is InChI=1S/C27H28FN9O/c1-16-10-17(4-7-24(16)38-18-5-6-23-21(11-18)32-15-37(23)3)33-26-25-22(30-14-31-26)12-29-27(35-25)34-20-8-9-36(2)13-19(20)28/h4-7,10-12,14-15,19-20H,8-9,13H2,1-3H3,(H,29,34,35)(H,30,31,33)/t19-,20+/m0/s1. The molecule has 0 radical (unpaired) electrons. The van der Waals surface area contributed by atoms with E-state index in [2.05, 4.69) is 35.6 Å². The van der Waals surface area contributed by atoms with Gasteiger partial charge in [0.05, 0.1) is 29.6 Å². The van der Waals surface area contributed by atoms with Crippen molar-refractivity contribution in [3.63, 3.8) is 0 Å². The Kier molecular flexibility index (Phi) is 6.20. The lowest BCUT2D eigenvalue weighted by atomic mass is 10.0. The smallest absolute Gasteiger partial charge is 0.223 e. The summed E-state index contributed by atoms with van der Waals surface area (Å²) in [5.74, 6) is 2.36. The third kappa shape index (κ3) is 4.80. The van der Waals surface area contributed by atoms with Gasteiger partial charge >= 0.3 is 0 Å². The maximum Gasteiger partial charge on any atom is 0.223 e. The van der Waals surface area contributed by atoms with E-state index in [1.807, 2.05) is 66.9 Å². The van der Waals surface area contributed by atoms with Crippen LogP contribution in [-0.2, 0) is 7.05 Å². The van der Waals surface area contributed by atoms with Gasteiger partial charge in [0.2, 0.25) is 5.95 Å². The Labute approximate surface area is 218 Å². The number of benzene rings is 2. The number of halogens is 1. The lowest BCUT2D eigenvalue weighted by Gasteiger charge is -2.32. The van der Waals surface area contributed by atoms with E-state index in [9.17, 15) is 4.39 Å². The minimum absolute atomic E-state index is 0.335. The van der Waals surface area contributed by atoms with Crippen molar-refractivity contribution in [3.05, 3.63) is 60.8 Å². The minimum Gasteiger partial charge on any atom is -0.457 e. The van der Waals surface area contributed by atoms with E-state index >= 15 is 0 Å². The zero-order valence-corrected chi connectivity index (χ0v) is 21.4. The first-order valence-corrected chi connectivity index (χ1v) is 12.5. The molecule has 10 nitrogen and oxygen atoms in total. The van der Waals surface area contributed by atoms with Crippen LogP contribution in [0, 0.1) is 6.92 Å². The number of nitrogens with one attached hydrogen (secondary N) is 2. The van der Waals surface area contributed by atoms with Crippen molar-refractivity contribution in [2.24, 2.45) is 7.05 Å². The first kappa shape index (κ1) is 24.0. The van der Waals surface area contributed by atoms with Gasteiger partial charge in [0.25, 0.3) is 0 Å². The molecular weight excluding hydrogens is 485 g/mol. The molecule has 3 aromatic heterocycles. The van der Waals surface area contributed by atoms with Gasteiger partial charge in [0.15, 0.2) is 5.82 Å². The van der Waals surface area contributed by atoms with Gasteiger partial charge < -0.3 is 24.8 Å². The summed E-state index contributed by atoms with van der Waals surface area (Å²) in [7, 11) is 3.89. The number of nitrogens with zero attached hydrogens (tertiary/aromatic N) is 7. The van der Waals surface area contributed by atoms with Gasteiger partial charge in [-0.2, -0.15) is 0 Å². The van der Waals surface area contributed by atoms with E-state index in [1.165, 1.54) is 6.33 Å². The number of anilines is 3. The Balaban J connectivity index is 1.21. The lowest BCUT2D eigenvalue weighted by molar-refractivity contribution is 0.149. The third-order valence-corrected chi connectivity index (χ3v) is 6.80. The Bertz CT molecular complexity index is 1620. The first-order chi connectivity index (χ1) is 18.4. The van der Waals surface area contributed by atoms with Crippen molar-refractivity contribution in [1.29, 1.82) is 0 Å². The molecule has 194 valence electrons. The molecule has 1 fully saturated rings. The zero-order valence-electron chi connectivity index (χ0n) is 21.4. The maximum absolute atomic E-state index is 14.5. The fraction of sp³-hybridized carbons (Fsp3) is 0.296. The minimum atomic E-state index is -0.993. The van der Waals surface area contributed by atoms with Crippen molar-refractivity contribution in [3.8, 4) is 11.5 Å². The highest BCUT2D eigenvalue weighted by atomic mass is 19.1. The summed E-state index contributed by atoms with van der Waals surface area (Å²) in [6.45, 7) is 3.19. The summed E-state index contributed by atoms with van der Waals surface area (Å²) in [4.78, 5) is 24.0. The van der Waals surface area contributed by atoms with Gasteiger partial charge in [-0.05, 0) is 56.3 Å². The van der Waals surface area contributed by atoms with Crippen molar-refractivity contribution < 1.29 is 9.13 Å². The summed E-state index contributed by atoms with van der Waals surface area (Å²) >= 11 is 0. The van der Waals surface area contributed by atoms with Crippen molar-refractivity contribution in [2.75, 3.05) is 30.8 Å². The molecular formula is C27H28FN9O. The maximum atomic E-state index is 14.5. The van der Waals surface area contributed by atoms with E-state index in [-0.39, 0.29) is 6.04 Å². The van der Waals surface area contributed by atoms with Crippen LogP contribution in [0.1, 0.15) is 12.0 Å². The van der Waals surface area contributed by atoms with Crippen LogP contribution in [0.5, 0.6) is 11.5 Å². The van der Waals surface area contributed by atoms with Gasteiger partial charge in [-0.1, -0.05) is 0 Å². The number of aryl methyl sites for hydroxylation is 2. The van der Waals surface area contributed by atoms with Gasteiger partial charge in [0.1, 0.15) is 35.0 Å². The van der Waals surface area contributed by atoms with Crippen LogP contribution in [0.3, 0.4) is 0 Å². The van der Waals surface area contributed by atoms with Crippen molar-refractivity contribution in [1.82, 2.24) is 34.4 Å². The predicted octanol–water partition coefficient (Wildman–Crippen LogP) is 4.60. The van der Waals surface area contributed by atoms with Gasteiger partial charge in [-0.25, -0.2) is 29.3 Å². The second kappa shape index (κ2) is 9.82. The molecule has 2 N–H and O–H groups in total. The second-order valence-corrected chi connectivity index (χ2v) is 9.68. The topological polar surface area (TPSA) is 106 Å². The number of likely N-dealkylation sites (tertiary alicyclic amines) is 1. The second-order valence-electron chi connectivity index (χ2n) is 9.68. The first-order valence-electron chi connectivity index (χ1n) is 12.5. The molecule has 1 saturated heterocycles. The van der Waals surface area contributed by atoms with E-state index in [0.29, 0.717) is 35.8 Å². The van der Waals surface area contributed by atoms with Crippen LogP contribution in [0.4, 0.5) is 21.8 Å². The summed E-state index contributed by atoms with van der Waals surface area (Å²) < 4.78 is 22.6. The molecule has 5 aromatic rings. The SMILES string of the molecule is Cc1cc(Nc2ncnc3cnc(N[C@@H]4CCN(C)C[C@@H]4F)nc23)ccc1Oc1ccc2c(c1)ncn2C. The number of hydrogen-bond acceptors (Lipinski definition) is 9. The molecule has 6 rings (SSSR count). The molecule has 4 heterocycles. The molecule has 1 aliphatic heterocycles. The zero-order chi connectivity index (χ0) is 26.2. The summed E-state index contributed by atoms with van der Waals surface area (Å²) in [5, 5.41) is 6.49. The molecule has 2 atom stereocenters. The van der Waals surface area contributed by atoms with Crippen molar-refractivity contribution in [2.45, 2.75) is 25.6 Å². The molecule has 0 spiro atoms. The number of hydrogen-bond donors (Lipinski definition) is 2. The number of alkyl halides is 1. The van der Waals surface area contributed by atoms with E-state index < -0.39 is 6.17 Å². The van der Waals surface area contributed by atoms with Gasteiger partial charge in [-0.15, -0.1) is 0 Å². The molecule has 2 aromatic carbocycles. The summed E-state index contributed by atoms with van der Waals surface area (Å²) in [6, 6.07) is 11.3. The quantitative estimate of drug-likeness (QED) is 0.337. The predicted molar refractivity (Wildman–Crippen MR) is 145 cm³/mol. The summed E-state index contributed by atoms with van der Waals surface area (Å²) in [6.07, 6.45) is 4.56. The number of imidazole rings is 1. The number of ether oxygens (including phenoxy) is 1. The summed E-state index contributed by atoms with van der Waals surface area (Å²) in [5.41, 5.74) is 4.84. The van der Waals surface area contributed by atoms with Crippen LogP contribution >= 0.6 is 0 Å². The Morgan fingerprint density at radius 3 is 2.76 bits per heavy atom. The van der Waals surface area contributed by atoms with E-state index in [0.717, 1.165) is 40.3 Å².